The minimum absolute atomic E-state index is 0. The average molecular weight is 309 g/mol. The molecule has 0 saturated carbocycles. The summed E-state index contributed by atoms with van der Waals surface area (Å²) >= 11 is 0. The van der Waals surface area contributed by atoms with Crippen molar-refractivity contribution in [1.82, 2.24) is 0 Å². The van der Waals surface area contributed by atoms with E-state index in [1.807, 2.05) is 0 Å². The number of hydrogen-bond acceptors (Lipinski definition) is 8. The van der Waals surface area contributed by atoms with E-state index in [1.54, 1.807) is 0 Å². The van der Waals surface area contributed by atoms with Crippen molar-refractivity contribution in [2.75, 3.05) is 19.8 Å². The Balaban J connectivity index is 0. The Hall–Kier alpha value is 0.460. The zero-order valence-electron chi connectivity index (χ0n) is 10.7. The molecule has 0 fully saturated rings. The molecule has 19 heavy (non-hydrogen) atoms. The van der Waals surface area contributed by atoms with Crippen LogP contribution >= 0.6 is 7.82 Å². The van der Waals surface area contributed by atoms with E-state index in [-0.39, 0.29) is 55.6 Å². The standard InChI is InChI=1S/C8H18NO8P.Na/c9-7(8(12)13)2-4-17-18(14,15)16-3-1-6(11)5-10;/h6-7,10-11H,1-5,9H2,(H,12,13)(H,14,15);/q;+1/p-1/t6-,7+;/m0./s1. The molecule has 0 saturated heterocycles. The average Bonchev–Trinajstić information content (AvgIpc) is 2.27. The number of hydrogen-bond donors (Lipinski definition) is 3. The fraction of sp³-hybridized carbons (Fsp3) is 0.875. The first-order chi connectivity index (χ1) is 8.28. The van der Waals surface area contributed by atoms with Gasteiger partial charge >= 0.3 is 29.6 Å². The van der Waals surface area contributed by atoms with Crippen molar-refractivity contribution in [2.45, 2.75) is 25.0 Å². The van der Waals surface area contributed by atoms with Crippen LogP contribution in [0.1, 0.15) is 12.8 Å². The van der Waals surface area contributed by atoms with Gasteiger partial charge in [-0.05, 0) is 6.42 Å². The summed E-state index contributed by atoms with van der Waals surface area (Å²) in [5, 5.41) is 27.7. The van der Waals surface area contributed by atoms with Crippen molar-refractivity contribution >= 4 is 13.8 Å². The molecule has 0 bridgehead atoms. The Kier molecular flexibility index (Phi) is 12.8. The Morgan fingerprint density at radius 1 is 1.32 bits per heavy atom. The number of rotatable bonds is 10. The first kappa shape index (κ1) is 21.8. The number of aliphatic carboxylic acids is 1. The van der Waals surface area contributed by atoms with Crippen LogP contribution < -0.4 is 45.3 Å². The van der Waals surface area contributed by atoms with Gasteiger partial charge in [-0.2, -0.15) is 0 Å². The van der Waals surface area contributed by atoms with Crippen molar-refractivity contribution in [3.05, 3.63) is 0 Å². The Bertz CT molecular complexity index is 304. The van der Waals surface area contributed by atoms with Gasteiger partial charge in [-0.15, -0.1) is 0 Å². The van der Waals surface area contributed by atoms with Crippen molar-refractivity contribution in [3.63, 3.8) is 0 Å². The number of aliphatic hydroxyl groups excluding tert-OH is 2. The summed E-state index contributed by atoms with van der Waals surface area (Å²) in [5.41, 5.74) is 3.22. The molecule has 9 nitrogen and oxygen atoms in total. The molecule has 108 valence electrons. The van der Waals surface area contributed by atoms with E-state index in [1.165, 1.54) is 0 Å². The first-order valence-corrected chi connectivity index (χ1v) is 6.67. The van der Waals surface area contributed by atoms with E-state index in [9.17, 15) is 19.4 Å². The zero-order valence-corrected chi connectivity index (χ0v) is 13.6. The molecule has 0 rings (SSSR count). The molecule has 0 heterocycles. The van der Waals surface area contributed by atoms with Crippen molar-refractivity contribution < 1.29 is 73.9 Å². The summed E-state index contributed by atoms with van der Waals surface area (Å²) < 4.78 is 19.8. The second kappa shape index (κ2) is 11.2. The maximum atomic E-state index is 11.1. The molecule has 0 radical (unpaired) electrons. The van der Waals surface area contributed by atoms with E-state index in [0.717, 1.165) is 0 Å². The maximum Gasteiger partial charge on any atom is 1.00 e. The molecule has 11 heteroatoms. The molecular formula is C8H17NNaO8P. The SMILES string of the molecule is [NH3+][C@H](CCOP(=O)([O-])OCC[C@H](O)CO)C(=O)[O-].[Na+]. The molecule has 0 aromatic heterocycles. The summed E-state index contributed by atoms with van der Waals surface area (Å²) in [6.45, 7) is -1.22. The van der Waals surface area contributed by atoms with Gasteiger partial charge < -0.3 is 39.8 Å². The van der Waals surface area contributed by atoms with Gasteiger partial charge in [0, 0.05) is 6.42 Å². The predicted octanol–water partition coefficient (Wildman–Crippen LogP) is -7.01. The third-order valence-electron chi connectivity index (χ3n) is 1.96. The smallest absolute Gasteiger partial charge is 0.756 e. The predicted molar refractivity (Wildman–Crippen MR) is 53.5 cm³/mol. The number of quaternary nitrogens is 1. The molecule has 0 aliphatic heterocycles. The molecule has 3 atom stereocenters. The molecule has 0 aliphatic carbocycles. The quantitative estimate of drug-likeness (QED) is 0.264. The molecule has 0 aliphatic rings. The first-order valence-electron chi connectivity index (χ1n) is 5.21. The van der Waals surface area contributed by atoms with Gasteiger partial charge in [-0.25, -0.2) is 0 Å². The number of carboxylic acids is 1. The Morgan fingerprint density at radius 2 is 1.79 bits per heavy atom. The minimum Gasteiger partial charge on any atom is -0.756 e. The van der Waals surface area contributed by atoms with Crippen LogP contribution in [0.5, 0.6) is 0 Å². The third-order valence-corrected chi connectivity index (χ3v) is 2.96. The Labute approximate surface area is 132 Å². The van der Waals surface area contributed by atoms with Crippen LogP contribution in [0.2, 0.25) is 0 Å². The molecule has 0 aromatic carbocycles. The fourth-order valence-electron chi connectivity index (χ4n) is 0.854. The van der Waals surface area contributed by atoms with Gasteiger partial charge in [-0.1, -0.05) is 0 Å². The summed E-state index contributed by atoms with van der Waals surface area (Å²) in [6, 6.07) is -1.07. The van der Waals surface area contributed by atoms with Gasteiger partial charge in [0.2, 0.25) is 0 Å². The second-order valence-corrected chi connectivity index (χ2v) is 4.95. The zero-order chi connectivity index (χ0) is 14.2. The number of phosphoric acid groups is 1. The van der Waals surface area contributed by atoms with Crippen LogP contribution in [0, 0.1) is 0 Å². The largest absolute Gasteiger partial charge is 1.00 e. The third kappa shape index (κ3) is 11.9. The van der Waals surface area contributed by atoms with Crippen LogP contribution in [0.4, 0.5) is 0 Å². The van der Waals surface area contributed by atoms with Crippen LogP contribution in [0.3, 0.4) is 0 Å². The topological polar surface area (TPSA) is 167 Å². The van der Waals surface area contributed by atoms with E-state index in [2.05, 4.69) is 14.8 Å². The molecular weight excluding hydrogens is 292 g/mol. The number of aliphatic hydroxyl groups is 2. The van der Waals surface area contributed by atoms with Crippen LogP contribution in [-0.4, -0.2) is 48.1 Å². The number of carboxylic acid groups (broad SMARTS) is 1. The monoisotopic (exact) mass is 309 g/mol. The number of carbonyl (C=O) groups excluding carboxylic acids is 1. The van der Waals surface area contributed by atoms with E-state index in [0.29, 0.717) is 0 Å². The van der Waals surface area contributed by atoms with Gasteiger partial charge in [0.05, 0.1) is 31.9 Å². The van der Waals surface area contributed by atoms with Gasteiger partial charge in [0.15, 0.2) is 0 Å². The summed E-state index contributed by atoms with van der Waals surface area (Å²) in [6.07, 6.45) is -1.26. The van der Waals surface area contributed by atoms with Crippen molar-refractivity contribution in [2.24, 2.45) is 0 Å². The Morgan fingerprint density at radius 3 is 2.21 bits per heavy atom. The number of carbonyl (C=O) groups is 1. The summed E-state index contributed by atoms with van der Waals surface area (Å²) in [5.74, 6) is -1.40. The molecule has 0 amide bonds. The van der Waals surface area contributed by atoms with Gasteiger partial charge in [-0.3, -0.25) is 4.57 Å². The second-order valence-electron chi connectivity index (χ2n) is 3.54. The van der Waals surface area contributed by atoms with E-state index >= 15 is 0 Å². The molecule has 0 aromatic rings. The number of phosphoric ester groups is 1. The summed E-state index contributed by atoms with van der Waals surface area (Å²) in [7, 11) is -4.53. The minimum atomic E-state index is -4.53. The van der Waals surface area contributed by atoms with Crippen LogP contribution in [-0.2, 0) is 18.4 Å². The van der Waals surface area contributed by atoms with Crippen molar-refractivity contribution in [3.8, 4) is 0 Å². The van der Waals surface area contributed by atoms with E-state index in [4.69, 9.17) is 10.2 Å². The van der Waals surface area contributed by atoms with Crippen molar-refractivity contribution in [1.29, 1.82) is 0 Å². The van der Waals surface area contributed by atoms with Crippen LogP contribution in [0.15, 0.2) is 0 Å². The maximum absolute atomic E-state index is 11.1. The van der Waals surface area contributed by atoms with E-state index < -0.39 is 32.5 Å². The molecule has 5 N–H and O–H groups in total. The van der Waals surface area contributed by atoms with Gasteiger partial charge in [0.25, 0.3) is 7.82 Å². The normalized spacial score (nSPS) is 17.1. The summed E-state index contributed by atoms with van der Waals surface area (Å²) in [4.78, 5) is 21.4. The van der Waals surface area contributed by atoms with Crippen LogP contribution in [0.25, 0.3) is 0 Å². The fourth-order valence-corrected chi connectivity index (χ4v) is 1.59. The molecule has 0 spiro atoms. The molecule has 1 unspecified atom stereocenters. The van der Waals surface area contributed by atoms with Gasteiger partial charge in [0.1, 0.15) is 6.04 Å².